The number of aryl methyl sites for hydroxylation is 2. The van der Waals surface area contributed by atoms with Gasteiger partial charge in [0, 0.05) is 30.5 Å². The third kappa shape index (κ3) is 4.59. The van der Waals surface area contributed by atoms with Gasteiger partial charge in [0.2, 0.25) is 5.91 Å². The standard InChI is InChI=1S/C16H18FN3O2S/c1-9-15(23-11(3)19-9)6-7-18-16(22)13-8-12(20-10(2)21)4-5-14(13)17/h4-5,8H,6-7H2,1-3H3,(H,18,22)(H,20,21). The number of benzene rings is 1. The summed E-state index contributed by atoms with van der Waals surface area (Å²) < 4.78 is 13.8. The summed E-state index contributed by atoms with van der Waals surface area (Å²) >= 11 is 1.59. The van der Waals surface area contributed by atoms with Crippen molar-refractivity contribution in [1.29, 1.82) is 0 Å². The van der Waals surface area contributed by atoms with E-state index in [9.17, 15) is 14.0 Å². The minimum atomic E-state index is -0.624. The molecule has 0 saturated carbocycles. The first kappa shape index (κ1) is 17.1. The van der Waals surface area contributed by atoms with Crippen molar-refractivity contribution >= 4 is 28.8 Å². The maximum Gasteiger partial charge on any atom is 0.254 e. The number of anilines is 1. The molecule has 2 N–H and O–H groups in total. The summed E-state index contributed by atoms with van der Waals surface area (Å²) in [4.78, 5) is 28.6. The van der Waals surface area contributed by atoms with E-state index >= 15 is 0 Å². The number of rotatable bonds is 5. The number of aromatic nitrogens is 1. The van der Waals surface area contributed by atoms with Crippen molar-refractivity contribution in [2.75, 3.05) is 11.9 Å². The van der Waals surface area contributed by atoms with Crippen LogP contribution in [0.5, 0.6) is 0 Å². The molecule has 7 heteroatoms. The van der Waals surface area contributed by atoms with Crippen LogP contribution in [0.25, 0.3) is 0 Å². The molecular weight excluding hydrogens is 317 g/mol. The molecule has 5 nitrogen and oxygen atoms in total. The van der Waals surface area contributed by atoms with Crippen LogP contribution >= 0.6 is 11.3 Å². The van der Waals surface area contributed by atoms with E-state index in [0.717, 1.165) is 21.6 Å². The summed E-state index contributed by atoms with van der Waals surface area (Å²) in [6.45, 7) is 5.60. The smallest absolute Gasteiger partial charge is 0.254 e. The zero-order chi connectivity index (χ0) is 17.0. The molecule has 0 aliphatic heterocycles. The highest BCUT2D eigenvalue weighted by atomic mass is 32.1. The van der Waals surface area contributed by atoms with Gasteiger partial charge in [-0.1, -0.05) is 0 Å². The monoisotopic (exact) mass is 335 g/mol. The topological polar surface area (TPSA) is 71.1 Å². The van der Waals surface area contributed by atoms with E-state index in [2.05, 4.69) is 15.6 Å². The minimum Gasteiger partial charge on any atom is -0.352 e. The third-order valence-corrected chi connectivity index (χ3v) is 4.30. The van der Waals surface area contributed by atoms with Gasteiger partial charge in [-0.25, -0.2) is 9.37 Å². The molecule has 0 fully saturated rings. The number of amides is 2. The summed E-state index contributed by atoms with van der Waals surface area (Å²) in [5, 5.41) is 6.20. The van der Waals surface area contributed by atoms with Crippen LogP contribution < -0.4 is 10.6 Å². The maximum absolute atomic E-state index is 13.8. The van der Waals surface area contributed by atoms with Crippen molar-refractivity contribution in [1.82, 2.24) is 10.3 Å². The summed E-state index contributed by atoms with van der Waals surface area (Å²) in [5.41, 5.74) is 1.26. The van der Waals surface area contributed by atoms with E-state index in [0.29, 0.717) is 18.7 Å². The number of carbonyl (C=O) groups excluding carboxylic acids is 2. The molecule has 122 valence electrons. The third-order valence-electron chi connectivity index (χ3n) is 3.17. The summed E-state index contributed by atoms with van der Waals surface area (Å²) in [7, 11) is 0. The van der Waals surface area contributed by atoms with Gasteiger partial charge >= 0.3 is 0 Å². The number of nitrogens with zero attached hydrogens (tertiary/aromatic N) is 1. The lowest BCUT2D eigenvalue weighted by molar-refractivity contribution is -0.114. The predicted octanol–water partition coefficient (Wildman–Crippen LogP) is 2.83. The Balaban J connectivity index is 2.00. The molecule has 0 aliphatic rings. The number of thiazole rings is 1. The minimum absolute atomic E-state index is 0.0894. The van der Waals surface area contributed by atoms with E-state index in [1.54, 1.807) is 11.3 Å². The van der Waals surface area contributed by atoms with Gasteiger partial charge in [0.25, 0.3) is 5.91 Å². The van der Waals surface area contributed by atoms with E-state index in [4.69, 9.17) is 0 Å². The highest BCUT2D eigenvalue weighted by Crippen LogP contribution is 2.18. The van der Waals surface area contributed by atoms with Crippen LogP contribution in [0.3, 0.4) is 0 Å². The first-order valence-electron chi connectivity index (χ1n) is 7.15. The van der Waals surface area contributed by atoms with E-state index in [1.165, 1.54) is 19.1 Å². The largest absolute Gasteiger partial charge is 0.352 e. The Hall–Kier alpha value is -2.28. The van der Waals surface area contributed by atoms with Crippen molar-refractivity contribution in [3.63, 3.8) is 0 Å². The van der Waals surface area contributed by atoms with Crippen molar-refractivity contribution in [2.24, 2.45) is 0 Å². The van der Waals surface area contributed by atoms with Gasteiger partial charge in [0.1, 0.15) is 5.82 Å². The van der Waals surface area contributed by atoms with Gasteiger partial charge in [0.15, 0.2) is 0 Å². The molecule has 0 aliphatic carbocycles. The fourth-order valence-electron chi connectivity index (χ4n) is 2.17. The van der Waals surface area contributed by atoms with Crippen LogP contribution in [0.4, 0.5) is 10.1 Å². The molecule has 0 bridgehead atoms. The molecule has 1 heterocycles. The lowest BCUT2D eigenvalue weighted by Gasteiger charge is -2.08. The van der Waals surface area contributed by atoms with Crippen molar-refractivity contribution < 1.29 is 14.0 Å². The van der Waals surface area contributed by atoms with Crippen molar-refractivity contribution in [3.05, 3.63) is 45.2 Å². The van der Waals surface area contributed by atoms with Gasteiger partial charge in [-0.05, 0) is 32.0 Å². The molecule has 1 aromatic heterocycles. The lowest BCUT2D eigenvalue weighted by atomic mass is 10.1. The molecule has 0 spiro atoms. The van der Waals surface area contributed by atoms with Crippen molar-refractivity contribution in [2.45, 2.75) is 27.2 Å². The summed E-state index contributed by atoms with van der Waals surface area (Å²) in [6.07, 6.45) is 0.649. The molecule has 0 atom stereocenters. The van der Waals surface area contributed by atoms with Crippen molar-refractivity contribution in [3.8, 4) is 0 Å². The molecular formula is C16H18FN3O2S. The Labute approximate surface area is 137 Å². The van der Waals surface area contributed by atoms with Crippen LogP contribution in [0, 0.1) is 19.7 Å². The number of hydrogen-bond acceptors (Lipinski definition) is 4. The first-order valence-corrected chi connectivity index (χ1v) is 7.96. The number of nitrogens with one attached hydrogen (secondary N) is 2. The number of hydrogen-bond donors (Lipinski definition) is 2. The first-order chi connectivity index (χ1) is 10.9. The highest BCUT2D eigenvalue weighted by molar-refractivity contribution is 7.11. The highest BCUT2D eigenvalue weighted by Gasteiger charge is 2.13. The zero-order valence-corrected chi connectivity index (χ0v) is 14.0. The van der Waals surface area contributed by atoms with Crippen LogP contribution in [0.2, 0.25) is 0 Å². The van der Waals surface area contributed by atoms with E-state index < -0.39 is 11.7 Å². The molecule has 1 aromatic carbocycles. The molecule has 2 rings (SSSR count). The second-order valence-electron chi connectivity index (χ2n) is 5.12. The molecule has 2 amide bonds. The second-order valence-corrected chi connectivity index (χ2v) is 6.41. The van der Waals surface area contributed by atoms with Gasteiger partial charge in [-0.2, -0.15) is 0 Å². The molecule has 2 aromatic rings. The van der Waals surface area contributed by atoms with Crippen LogP contribution in [-0.2, 0) is 11.2 Å². The lowest BCUT2D eigenvalue weighted by Crippen LogP contribution is -2.26. The van der Waals surface area contributed by atoms with Gasteiger partial charge in [-0.3, -0.25) is 9.59 Å². The molecule has 0 unspecified atom stereocenters. The zero-order valence-electron chi connectivity index (χ0n) is 13.2. The SMILES string of the molecule is CC(=O)Nc1ccc(F)c(C(=O)NCCc2sc(C)nc2C)c1. The second kappa shape index (κ2) is 7.32. The predicted molar refractivity (Wildman–Crippen MR) is 88.3 cm³/mol. The number of carbonyl (C=O) groups is 2. The summed E-state index contributed by atoms with van der Waals surface area (Å²) in [5.74, 6) is -1.41. The van der Waals surface area contributed by atoms with Crippen LogP contribution in [0.15, 0.2) is 18.2 Å². The van der Waals surface area contributed by atoms with Gasteiger partial charge in [-0.15, -0.1) is 11.3 Å². The maximum atomic E-state index is 13.8. The number of halogens is 1. The fraction of sp³-hybridized carbons (Fsp3) is 0.312. The Morgan fingerprint density at radius 1 is 1.30 bits per heavy atom. The molecule has 0 saturated heterocycles. The quantitative estimate of drug-likeness (QED) is 0.882. The van der Waals surface area contributed by atoms with E-state index in [1.807, 2.05) is 13.8 Å². The van der Waals surface area contributed by atoms with E-state index in [-0.39, 0.29) is 11.5 Å². The Kier molecular flexibility index (Phi) is 5.44. The normalized spacial score (nSPS) is 10.4. The Morgan fingerprint density at radius 2 is 2.04 bits per heavy atom. The Morgan fingerprint density at radius 3 is 2.65 bits per heavy atom. The summed E-state index contributed by atoms with van der Waals surface area (Å²) in [6, 6.07) is 3.90. The van der Waals surface area contributed by atoms with Gasteiger partial charge in [0.05, 0.1) is 16.3 Å². The Bertz CT molecular complexity index is 743. The van der Waals surface area contributed by atoms with Crippen LogP contribution in [0.1, 0.15) is 32.9 Å². The molecule has 23 heavy (non-hydrogen) atoms. The molecule has 0 radical (unpaired) electrons. The average molecular weight is 335 g/mol. The fourth-order valence-corrected chi connectivity index (χ4v) is 3.11. The van der Waals surface area contributed by atoms with Crippen LogP contribution in [-0.4, -0.2) is 23.3 Å². The van der Waals surface area contributed by atoms with Gasteiger partial charge < -0.3 is 10.6 Å². The average Bonchev–Trinajstić information content (AvgIpc) is 2.78.